The van der Waals surface area contributed by atoms with Crippen molar-refractivity contribution in [3.63, 3.8) is 0 Å². The summed E-state index contributed by atoms with van der Waals surface area (Å²) in [6.45, 7) is 2.98. The Bertz CT molecular complexity index is 568. The first-order valence-electron chi connectivity index (χ1n) is 6.26. The Morgan fingerprint density at radius 2 is 2.11 bits per heavy atom. The van der Waals surface area contributed by atoms with Crippen molar-refractivity contribution in [1.29, 1.82) is 0 Å². The van der Waals surface area contributed by atoms with Crippen molar-refractivity contribution in [3.8, 4) is 11.5 Å². The van der Waals surface area contributed by atoms with E-state index in [-0.39, 0.29) is 0 Å². The molecular formula is C13H16N4O2. The molecule has 19 heavy (non-hydrogen) atoms. The largest absolute Gasteiger partial charge is 0.493 e. The van der Waals surface area contributed by atoms with Gasteiger partial charge in [0, 0.05) is 13.1 Å². The van der Waals surface area contributed by atoms with Crippen LogP contribution in [0, 0.1) is 0 Å². The van der Waals surface area contributed by atoms with E-state index in [0.717, 1.165) is 42.8 Å². The fourth-order valence-electron chi connectivity index (χ4n) is 2.14. The van der Waals surface area contributed by atoms with Crippen LogP contribution in [0.4, 0.5) is 0 Å². The van der Waals surface area contributed by atoms with E-state index >= 15 is 0 Å². The minimum Gasteiger partial charge on any atom is -0.493 e. The highest BCUT2D eigenvalue weighted by molar-refractivity contribution is 5.39. The number of ether oxygens (including phenoxy) is 2. The van der Waals surface area contributed by atoms with Gasteiger partial charge in [0.2, 0.25) is 0 Å². The highest BCUT2D eigenvalue weighted by atomic mass is 16.5. The summed E-state index contributed by atoms with van der Waals surface area (Å²) in [6, 6.07) is 7.59. The third kappa shape index (κ3) is 2.39. The third-order valence-electron chi connectivity index (χ3n) is 3.13. The van der Waals surface area contributed by atoms with Crippen molar-refractivity contribution in [2.45, 2.75) is 19.7 Å². The first-order valence-corrected chi connectivity index (χ1v) is 6.26. The van der Waals surface area contributed by atoms with Gasteiger partial charge in [-0.25, -0.2) is 0 Å². The van der Waals surface area contributed by atoms with E-state index < -0.39 is 0 Å². The van der Waals surface area contributed by atoms with Crippen LogP contribution in [0.2, 0.25) is 0 Å². The Hall–Kier alpha value is -2.08. The summed E-state index contributed by atoms with van der Waals surface area (Å²) in [4.78, 5) is 0. The van der Waals surface area contributed by atoms with Crippen molar-refractivity contribution < 1.29 is 9.47 Å². The summed E-state index contributed by atoms with van der Waals surface area (Å²) >= 11 is 0. The molecule has 0 bridgehead atoms. The van der Waals surface area contributed by atoms with E-state index in [1.165, 1.54) is 0 Å². The van der Waals surface area contributed by atoms with E-state index in [9.17, 15) is 0 Å². The molecule has 6 heteroatoms. The van der Waals surface area contributed by atoms with Gasteiger partial charge in [-0.05, 0) is 12.1 Å². The molecule has 0 amide bonds. The second-order valence-corrected chi connectivity index (χ2v) is 4.30. The number of para-hydroxylation sites is 2. The van der Waals surface area contributed by atoms with Gasteiger partial charge in [0.15, 0.2) is 17.3 Å². The van der Waals surface area contributed by atoms with Gasteiger partial charge >= 0.3 is 0 Å². The van der Waals surface area contributed by atoms with Gasteiger partial charge in [0.1, 0.15) is 12.4 Å². The molecule has 0 saturated heterocycles. The van der Waals surface area contributed by atoms with Crippen LogP contribution in [0.5, 0.6) is 11.5 Å². The van der Waals surface area contributed by atoms with Crippen LogP contribution in [0.15, 0.2) is 24.3 Å². The maximum atomic E-state index is 5.77. The van der Waals surface area contributed by atoms with E-state index in [1.54, 1.807) is 7.11 Å². The van der Waals surface area contributed by atoms with Crippen LogP contribution < -0.4 is 14.8 Å². The molecule has 0 spiro atoms. The molecule has 2 aromatic rings. The zero-order valence-electron chi connectivity index (χ0n) is 10.8. The molecule has 1 N–H and O–H groups in total. The second-order valence-electron chi connectivity index (χ2n) is 4.30. The average molecular weight is 260 g/mol. The fourth-order valence-corrected chi connectivity index (χ4v) is 2.14. The average Bonchev–Trinajstić information content (AvgIpc) is 2.89. The smallest absolute Gasteiger partial charge is 0.171 e. The zero-order chi connectivity index (χ0) is 13.1. The molecule has 1 aromatic heterocycles. The number of methoxy groups -OCH3 is 1. The van der Waals surface area contributed by atoms with Crippen molar-refractivity contribution in [2.24, 2.45) is 0 Å². The molecule has 2 heterocycles. The first-order chi connectivity index (χ1) is 9.38. The van der Waals surface area contributed by atoms with Crippen molar-refractivity contribution in [2.75, 3.05) is 13.7 Å². The van der Waals surface area contributed by atoms with Gasteiger partial charge in [-0.3, -0.25) is 0 Å². The Morgan fingerprint density at radius 1 is 1.26 bits per heavy atom. The number of aromatic nitrogens is 3. The molecule has 0 saturated carbocycles. The van der Waals surface area contributed by atoms with Crippen LogP contribution in [0.25, 0.3) is 0 Å². The number of nitrogens with zero attached hydrogens (tertiary/aromatic N) is 3. The van der Waals surface area contributed by atoms with Crippen LogP contribution >= 0.6 is 0 Å². The van der Waals surface area contributed by atoms with Gasteiger partial charge in [-0.2, -0.15) is 0 Å². The van der Waals surface area contributed by atoms with Gasteiger partial charge in [0.25, 0.3) is 0 Å². The highest BCUT2D eigenvalue weighted by Crippen LogP contribution is 2.26. The number of hydrogen-bond acceptors (Lipinski definition) is 5. The van der Waals surface area contributed by atoms with Crippen LogP contribution in [0.3, 0.4) is 0 Å². The minimum absolute atomic E-state index is 0.396. The molecule has 0 radical (unpaired) electrons. The maximum Gasteiger partial charge on any atom is 0.171 e. The van der Waals surface area contributed by atoms with Crippen LogP contribution in [-0.4, -0.2) is 28.4 Å². The molecule has 0 unspecified atom stereocenters. The molecular weight excluding hydrogens is 244 g/mol. The summed E-state index contributed by atoms with van der Waals surface area (Å²) in [5.74, 6) is 3.26. The van der Waals surface area contributed by atoms with E-state index in [2.05, 4.69) is 20.1 Å². The summed E-state index contributed by atoms with van der Waals surface area (Å²) in [5, 5.41) is 11.6. The lowest BCUT2D eigenvalue weighted by atomic mass is 10.3. The molecule has 6 nitrogen and oxygen atoms in total. The monoisotopic (exact) mass is 260 g/mol. The lowest BCUT2D eigenvalue weighted by Crippen LogP contribution is -2.29. The summed E-state index contributed by atoms with van der Waals surface area (Å²) < 4.78 is 13.1. The minimum atomic E-state index is 0.396. The molecule has 1 aliphatic heterocycles. The van der Waals surface area contributed by atoms with E-state index in [1.807, 2.05) is 24.3 Å². The molecule has 3 rings (SSSR count). The Balaban J connectivity index is 1.74. The highest BCUT2D eigenvalue weighted by Gasteiger charge is 2.15. The second kappa shape index (κ2) is 5.27. The molecule has 0 fully saturated rings. The van der Waals surface area contributed by atoms with Gasteiger partial charge < -0.3 is 19.4 Å². The quantitative estimate of drug-likeness (QED) is 0.887. The van der Waals surface area contributed by atoms with Gasteiger partial charge in [-0.15, -0.1) is 10.2 Å². The lowest BCUT2D eigenvalue weighted by Gasteiger charge is -2.16. The number of rotatable bonds is 4. The van der Waals surface area contributed by atoms with Crippen molar-refractivity contribution in [1.82, 2.24) is 20.1 Å². The first kappa shape index (κ1) is 12.0. The Kier molecular flexibility index (Phi) is 3.33. The third-order valence-corrected chi connectivity index (χ3v) is 3.13. The van der Waals surface area contributed by atoms with Crippen molar-refractivity contribution >= 4 is 0 Å². The molecule has 0 atom stereocenters. The molecule has 0 aliphatic carbocycles. The SMILES string of the molecule is COc1ccccc1OCc1nnc2n1CCNC2. The summed E-state index contributed by atoms with van der Waals surface area (Å²) in [5.41, 5.74) is 0. The number of benzene rings is 1. The summed E-state index contributed by atoms with van der Waals surface area (Å²) in [7, 11) is 1.63. The van der Waals surface area contributed by atoms with E-state index in [0.29, 0.717) is 6.61 Å². The number of nitrogens with one attached hydrogen (secondary N) is 1. The van der Waals surface area contributed by atoms with Gasteiger partial charge in [0.05, 0.1) is 13.7 Å². The molecule has 1 aliphatic rings. The standard InChI is InChI=1S/C13H16N4O2/c1-18-10-4-2-3-5-11(10)19-9-13-16-15-12-8-14-6-7-17(12)13/h2-5,14H,6-9H2,1H3. The predicted molar refractivity (Wildman–Crippen MR) is 69.1 cm³/mol. The maximum absolute atomic E-state index is 5.77. The molecule has 100 valence electrons. The lowest BCUT2D eigenvalue weighted by molar-refractivity contribution is 0.269. The Labute approximate surface area is 111 Å². The fraction of sp³-hybridized carbons (Fsp3) is 0.385. The zero-order valence-corrected chi connectivity index (χ0v) is 10.8. The normalized spacial score (nSPS) is 13.9. The van der Waals surface area contributed by atoms with Crippen molar-refractivity contribution in [3.05, 3.63) is 35.9 Å². The topological polar surface area (TPSA) is 61.2 Å². The number of fused-ring (bicyclic) bond motifs is 1. The van der Waals surface area contributed by atoms with Gasteiger partial charge in [-0.1, -0.05) is 12.1 Å². The van der Waals surface area contributed by atoms with Crippen LogP contribution in [-0.2, 0) is 19.7 Å². The number of hydrogen-bond donors (Lipinski definition) is 1. The molecule has 1 aromatic carbocycles. The van der Waals surface area contributed by atoms with E-state index in [4.69, 9.17) is 9.47 Å². The van der Waals surface area contributed by atoms with Crippen LogP contribution in [0.1, 0.15) is 11.6 Å². The summed E-state index contributed by atoms with van der Waals surface area (Å²) in [6.07, 6.45) is 0. The Morgan fingerprint density at radius 3 is 2.95 bits per heavy atom. The predicted octanol–water partition coefficient (Wildman–Crippen LogP) is 0.969.